The highest BCUT2D eigenvalue weighted by atomic mass is 31.2. The van der Waals surface area contributed by atoms with Gasteiger partial charge in [0.25, 0.3) is 0 Å². The molecule has 0 heterocycles. The second-order valence-electron chi connectivity index (χ2n) is 12.8. The minimum Gasteiger partial charge on any atom is -0.457 e. The maximum Gasteiger partial charge on any atom is 0.472 e. The Labute approximate surface area is 295 Å². The van der Waals surface area contributed by atoms with Crippen molar-refractivity contribution in [2.45, 2.75) is 174 Å². The van der Waals surface area contributed by atoms with Gasteiger partial charge in [-0.15, -0.1) is 0 Å². The average Bonchev–Trinajstić information content (AvgIpc) is 3.07. The normalized spacial score (nSPS) is 14.0. The van der Waals surface area contributed by atoms with Crippen molar-refractivity contribution in [1.82, 2.24) is 0 Å². The topological polar surface area (TPSA) is 117 Å². The van der Waals surface area contributed by atoms with Crippen LogP contribution in [-0.4, -0.2) is 49.9 Å². The van der Waals surface area contributed by atoms with Crippen molar-refractivity contribution in [3.63, 3.8) is 0 Å². The minimum atomic E-state index is -4.27. The molecular formula is C39H74NO7P. The van der Waals surface area contributed by atoms with Crippen molar-refractivity contribution >= 4 is 13.8 Å². The van der Waals surface area contributed by atoms with Crippen LogP contribution in [0.2, 0.25) is 0 Å². The van der Waals surface area contributed by atoms with Crippen LogP contribution in [0.4, 0.5) is 0 Å². The molecule has 0 aromatic carbocycles. The Morgan fingerprint density at radius 1 is 0.625 bits per heavy atom. The van der Waals surface area contributed by atoms with Crippen LogP contribution < -0.4 is 5.73 Å². The SMILES string of the molecule is CCCCCCC/C=C\C/C=C\C/C=C\CCCCCCCCC(=O)OC(COCCCCCCCCCC)COP(=O)(O)OCCN. The van der Waals surface area contributed by atoms with Crippen molar-refractivity contribution in [2.24, 2.45) is 5.73 Å². The van der Waals surface area contributed by atoms with Gasteiger partial charge in [0.15, 0.2) is 0 Å². The molecule has 2 atom stereocenters. The van der Waals surface area contributed by atoms with Gasteiger partial charge in [0.1, 0.15) is 6.10 Å². The highest BCUT2D eigenvalue weighted by molar-refractivity contribution is 7.47. The summed E-state index contributed by atoms with van der Waals surface area (Å²) in [7, 11) is -4.27. The van der Waals surface area contributed by atoms with E-state index in [9.17, 15) is 14.3 Å². The number of esters is 1. The lowest BCUT2D eigenvalue weighted by molar-refractivity contribution is -0.154. The standard InChI is InChI=1S/C39H74NO7P/c1-3-5-7-9-11-13-14-15-16-17-18-19-20-21-22-23-24-25-26-28-30-32-39(41)47-38(37-46-48(42,43)45-35-33-40)36-44-34-31-29-27-12-10-8-6-4-2/h14-15,17-18,20-21,38H,3-13,16,19,22-37,40H2,1-2H3,(H,42,43)/b15-14-,18-17-,21-20-. The van der Waals surface area contributed by atoms with Gasteiger partial charge >= 0.3 is 13.8 Å². The summed E-state index contributed by atoms with van der Waals surface area (Å²) in [5.74, 6) is -0.344. The summed E-state index contributed by atoms with van der Waals surface area (Å²) in [6.07, 6.45) is 40.2. The number of carbonyl (C=O) groups excluding carboxylic acids is 1. The summed E-state index contributed by atoms with van der Waals surface area (Å²) in [4.78, 5) is 22.3. The Balaban J connectivity index is 4.03. The Morgan fingerprint density at radius 2 is 1.10 bits per heavy atom. The number of allylic oxidation sites excluding steroid dienone is 6. The fraction of sp³-hybridized carbons (Fsp3) is 0.821. The monoisotopic (exact) mass is 700 g/mol. The maximum absolute atomic E-state index is 12.5. The first-order chi connectivity index (χ1) is 23.4. The number of nitrogens with two attached hydrogens (primary N) is 1. The van der Waals surface area contributed by atoms with E-state index >= 15 is 0 Å². The first-order valence-corrected chi connectivity index (χ1v) is 21.0. The van der Waals surface area contributed by atoms with Gasteiger partial charge < -0.3 is 20.1 Å². The van der Waals surface area contributed by atoms with Gasteiger partial charge in [-0.05, 0) is 51.4 Å². The van der Waals surface area contributed by atoms with Gasteiger partial charge in [0.2, 0.25) is 0 Å². The molecule has 8 nitrogen and oxygen atoms in total. The molecule has 2 unspecified atom stereocenters. The van der Waals surface area contributed by atoms with Crippen molar-refractivity contribution in [1.29, 1.82) is 0 Å². The van der Waals surface area contributed by atoms with Crippen molar-refractivity contribution < 1.29 is 32.8 Å². The number of ether oxygens (including phenoxy) is 2. The van der Waals surface area contributed by atoms with Crippen LogP contribution in [0.3, 0.4) is 0 Å². The molecule has 0 rings (SSSR count). The van der Waals surface area contributed by atoms with E-state index in [0.717, 1.165) is 57.8 Å². The van der Waals surface area contributed by atoms with E-state index in [1.54, 1.807) is 0 Å². The number of phosphoric ester groups is 1. The third-order valence-corrected chi connectivity index (χ3v) is 9.04. The Bertz CT molecular complexity index is 833. The van der Waals surface area contributed by atoms with Crippen LogP contribution in [0.1, 0.15) is 168 Å². The zero-order valence-corrected chi connectivity index (χ0v) is 31.9. The number of hydrogen-bond donors (Lipinski definition) is 2. The molecular weight excluding hydrogens is 625 g/mol. The molecule has 0 radical (unpaired) electrons. The fourth-order valence-corrected chi connectivity index (χ4v) is 5.94. The van der Waals surface area contributed by atoms with Gasteiger partial charge in [0, 0.05) is 19.6 Å². The van der Waals surface area contributed by atoms with Crippen molar-refractivity contribution in [3.8, 4) is 0 Å². The van der Waals surface area contributed by atoms with Gasteiger partial charge in [-0.1, -0.05) is 147 Å². The number of rotatable bonds is 37. The van der Waals surface area contributed by atoms with Gasteiger partial charge in [-0.3, -0.25) is 13.8 Å². The zero-order valence-electron chi connectivity index (χ0n) is 31.0. The first kappa shape index (κ1) is 46.7. The van der Waals surface area contributed by atoms with Crippen molar-refractivity contribution in [3.05, 3.63) is 36.5 Å². The van der Waals surface area contributed by atoms with E-state index in [4.69, 9.17) is 24.3 Å². The molecule has 282 valence electrons. The predicted molar refractivity (Wildman–Crippen MR) is 201 cm³/mol. The zero-order chi connectivity index (χ0) is 35.2. The number of carbonyl (C=O) groups is 1. The van der Waals surface area contributed by atoms with Crippen LogP contribution in [-0.2, 0) is 27.9 Å². The Hall–Kier alpha value is -1.28. The molecule has 48 heavy (non-hydrogen) atoms. The van der Waals surface area contributed by atoms with Crippen LogP contribution in [0.15, 0.2) is 36.5 Å². The van der Waals surface area contributed by atoms with Crippen LogP contribution in [0, 0.1) is 0 Å². The average molecular weight is 700 g/mol. The summed E-state index contributed by atoms with van der Waals surface area (Å²) in [5, 5.41) is 0. The van der Waals surface area contributed by atoms with Gasteiger partial charge in [0.05, 0.1) is 19.8 Å². The lowest BCUT2D eigenvalue weighted by Crippen LogP contribution is -2.28. The third kappa shape index (κ3) is 36.0. The summed E-state index contributed by atoms with van der Waals surface area (Å²) >= 11 is 0. The van der Waals surface area contributed by atoms with Crippen LogP contribution >= 0.6 is 7.82 Å². The lowest BCUT2D eigenvalue weighted by atomic mass is 10.1. The maximum atomic E-state index is 12.5. The summed E-state index contributed by atoms with van der Waals surface area (Å²) in [5.41, 5.74) is 5.34. The minimum absolute atomic E-state index is 0.0979. The second kappa shape index (κ2) is 37.0. The molecule has 0 bridgehead atoms. The van der Waals surface area contributed by atoms with E-state index in [0.29, 0.717) is 13.0 Å². The quantitative estimate of drug-likeness (QED) is 0.0285. The smallest absolute Gasteiger partial charge is 0.457 e. The summed E-state index contributed by atoms with van der Waals surface area (Å²) in [6, 6.07) is 0. The third-order valence-electron chi connectivity index (χ3n) is 8.06. The molecule has 0 aliphatic heterocycles. The van der Waals surface area contributed by atoms with Crippen molar-refractivity contribution in [2.75, 3.05) is 33.0 Å². The molecule has 0 aromatic heterocycles. The highest BCUT2D eigenvalue weighted by Gasteiger charge is 2.25. The summed E-state index contributed by atoms with van der Waals surface area (Å²) in [6.45, 7) is 4.86. The molecule has 0 saturated carbocycles. The first-order valence-electron chi connectivity index (χ1n) is 19.5. The molecule has 3 N–H and O–H groups in total. The van der Waals surface area contributed by atoms with Gasteiger partial charge in [-0.25, -0.2) is 4.57 Å². The van der Waals surface area contributed by atoms with Gasteiger partial charge in [-0.2, -0.15) is 0 Å². The van der Waals surface area contributed by atoms with Crippen LogP contribution in [0.25, 0.3) is 0 Å². The lowest BCUT2D eigenvalue weighted by Gasteiger charge is -2.20. The number of phosphoric acid groups is 1. The fourth-order valence-electron chi connectivity index (χ4n) is 5.18. The number of unbranched alkanes of at least 4 members (excludes halogenated alkanes) is 18. The van der Waals surface area contributed by atoms with E-state index in [1.165, 1.54) is 89.9 Å². The molecule has 0 aromatic rings. The van der Waals surface area contributed by atoms with E-state index in [2.05, 4.69) is 50.3 Å². The molecule has 0 aliphatic rings. The predicted octanol–water partition coefficient (Wildman–Crippen LogP) is 11.1. The molecule has 9 heteroatoms. The molecule has 0 aliphatic carbocycles. The summed E-state index contributed by atoms with van der Waals surface area (Å²) < 4.78 is 33.2. The van der Waals surface area contributed by atoms with Crippen LogP contribution in [0.5, 0.6) is 0 Å². The molecule has 0 amide bonds. The number of hydrogen-bond acceptors (Lipinski definition) is 7. The van der Waals surface area contributed by atoms with E-state index in [-0.39, 0.29) is 32.3 Å². The Morgan fingerprint density at radius 3 is 1.65 bits per heavy atom. The molecule has 0 saturated heterocycles. The highest BCUT2D eigenvalue weighted by Crippen LogP contribution is 2.43. The Kier molecular flexibility index (Phi) is 36.0. The second-order valence-corrected chi connectivity index (χ2v) is 14.2. The largest absolute Gasteiger partial charge is 0.472 e. The van der Waals surface area contributed by atoms with E-state index < -0.39 is 13.9 Å². The van der Waals surface area contributed by atoms with E-state index in [1.807, 2.05) is 0 Å². The molecule has 0 fully saturated rings. The molecule has 0 spiro atoms.